The average molecular weight is 1540 g/mol. The highest BCUT2D eigenvalue weighted by Gasteiger charge is 2.25. The van der Waals surface area contributed by atoms with Crippen molar-refractivity contribution in [3.05, 3.63) is 324 Å². The Morgan fingerprint density at radius 3 is 1.07 bits per heavy atom. The van der Waals surface area contributed by atoms with Gasteiger partial charge in [-0.3, -0.25) is 86.9 Å². The molecule has 14 rings (SSSR count). The summed E-state index contributed by atoms with van der Waals surface area (Å²) < 4.78 is 0. The van der Waals surface area contributed by atoms with Crippen LogP contribution in [0, 0.1) is 0 Å². The Morgan fingerprint density at radius 2 is 0.699 bits per heavy atom. The number of nitrogens with one attached hydrogen (secondary N) is 14. The van der Waals surface area contributed by atoms with Crippen LogP contribution in [0.3, 0.4) is 0 Å². The molecule has 4 aromatic heterocycles. The van der Waals surface area contributed by atoms with Crippen LogP contribution in [0.4, 0.5) is 91.1 Å². The van der Waals surface area contributed by atoms with E-state index in [4.69, 9.17) is 0 Å². The molecule has 1 fully saturated rings. The highest BCUT2D eigenvalue weighted by molar-refractivity contribution is 5.81. The summed E-state index contributed by atoms with van der Waals surface area (Å²) in [6, 6.07) is 37.7. The zero-order chi connectivity index (χ0) is 82.3. The lowest BCUT2D eigenvalue weighted by Crippen LogP contribution is -2.37. The van der Waals surface area contributed by atoms with Gasteiger partial charge in [0.15, 0.2) is 0 Å². The molecule has 0 aliphatic carbocycles. The minimum atomic E-state index is -0.509. The number of pyridine rings is 4. The van der Waals surface area contributed by atoms with Gasteiger partial charge in [0.25, 0.3) is 76.0 Å². The molecule has 113 heavy (non-hydrogen) atoms. The lowest BCUT2D eigenvalue weighted by molar-refractivity contribution is -0.126. The first kappa shape index (κ1) is 85.5. The molecule has 9 aromatic carbocycles. The summed E-state index contributed by atoms with van der Waals surface area (Å²) in [6.07, 6.45) is 12.5. The molecule has 0 atom stereocenters. The fourth-order valence-electron chi connectivity index (χ4n) is 10.7. The summed E-state index contributed by atoms with van der Waals surface area (Å²) in [5.41, 5.74) is 3.35. The van der Waals surface area contributed by atoms with Gasteiger partial charge in [-0.05, 0) is 85.0 Å². The maximum Gasteiger partial charge on any atom is 0.253 e. The Bertz CT molecular complexity index is 5460. The smallest absolute Gasteiger partial charge is 0.253 e. The molecule has 0 unspecified atom stereocenters. The predicted molar refractivity (Wildman–Crippen MR) is 448 cm³/mol. The van der Waals surface area contributed by atoms with Gasteiger partial charge in [0.1, 0.15) is 85.4 Å². The third-order valence-corrected chi connectivity index (χ3v) is 16.9. The van der Waals surface area contributed by atoms with E-state index in [9.17, 15) is 71.9 Å². The van der Waals surface area contributed by atoms with Crippen LogP contribution >= 0.6 is 0 Å². The van der Waals surface area contributed by atoms with Crippen LogP contribution < -0.4 is 150 Å². The van der Waals surface area contributed by atoms with E-state index >= 15 is 0 Å². The molecule has 34 heteroatoms. The molecule has 0 saturated carbocycles. The summed E-state index contributed by atoms with van der Waals surface area (Å²) in [5, 5.41) is 39.1. The van der Waals surface area contributed by atoms with E-state index in [1.54, 1.807) is 122 Å². The molecule has 0 spiro atoms. The fraction of sp³-hybridized carbons (Fsp3) is 0.228. The molecule has 1 saturated heterocycles. The molecule has 34 nitrogen and oxygen atoms in total. The van der Waals surface area contributed by atoms with E-state index in [-0.39, 0.29) is 5.69 Å². The first-order valence-corrected chi connectivity index (χ1v) is 35.2. The lowest BCUT2D eigenvalue weighted by atomic mass is 10.1. The third-order valence-electron chi connectivity index (χ3n) is 16.9. The van der Waals surface area contributed by atoms with Gasteiger partial charge < -0.3 is 79.3 Å². The van der Waals surface area contributed by atoms with E-state index in [1.807, 2.05) is 105 Å². The highest BCUT2D eigenvalue weighted by Crippen LogP contribution is 2.22. The average Bonchev–Trinajstić information content (AvgIpc) is 1.24. The maximum atomic E-state index is 11.3. The maximum absolute atomic E-state index is 11.3. The van der Waals surface area contributed by atoms with Crippen molar-refractivity contribution in [2.75, 3.05) is 150 Å². The number of likely N-dealkylation sites (tertiary alicyclic amines) is 1. The van der Waals surface area contributed by atoms with Crippen molar-refractivity contribution < 1.29 is 4.79 Å². The van der Waals surface area contributed by atoms with Crippen LogP contribution in [0.1, 0.15) is 42.1 Å². The van der Waals surface area contributed by atoms with E-state index in [2.05, 4.69) is 94.4 Å². The Hall–Kier alpha value is -14.7. The second-order valence-corrected chi connectivity index (χ2v) is 24.1. The molecule has 14 N–H and O–H groups in total. The summed E-state index contributed by atoms with van der Waals surface area (Å²) in [5.74, 6) is 0.834. The van der Waals surface area contributed by atoms with Crippen molar-refractivity contribution in [1.29, 1.82) is 0 Å². The van der Waals surface area contributed by atoms with Crippen LogP contribution in [-0.2, 0) is 30.8 Å². The number of benzene rings is 2. The first-order chi connectivity index (χ1) is 54.4. The normalized spacial score (nSPS) is 10.9. The Labute approximate surface area is 644 Å². The molecule has 13 aromatic rings. The molecule has 1 aliphatic heterocycles. The molecule has 1 amide bonds. The monoisotopic (exact) mass is 1540 g/mol. The predicted octanol–water partition coefficient (Wildman–Crippen LogP) is 3.50. The van der Waals surface area contributed by atoms with Crippen molar-refractivity contribution in [2.24, 2.45) is 0 Å². The van der Waals surface area contributed by atoms with Crippen LogP contribution in [0.2, 0.25) is 0 Å². The number of anilines is 16. The molecule has 0 radical (unpaired) electrons. The second kappa shape index (κ2) is 42.1. The Morgan fingerprint density at radius 1 is 0.327 bits per heavy atom. The number of hydrogen-bond acceptors (Lipinski definition) is 33. The summed E-state index contributed by atoms with van der Waals surface area (Å²) in [6.45, 7) is 5.60. The van der Waals surface area contributed by atoms with Gasteiger partial charge in [0, 0.05) is 127 Å². The number of carbonyl (C=O) groups is 1. The van der Waals surface area contributed by atoms with Crippen LogP contribution in [0.25, 0.3) is 0 Å². The van der Waals surface area contributed by atoms with Crippen molar-refractivity contribution in [3.8, 4) is 0 Å². The van der Waals surface area contributed by atoms with E-state index in [0.717, 1.165) is 42.6 Å². The number of aromatic nitrogens is 4. The third kappa shape index (κ3) is 21.8. The number of amides is 1. The van der Waals surface area contributed by atoms with E-state index in [1.165, 1.54) is 5.56 Å². The second-order valence-electron chi connectivity index (χ2n) is 24.1. The number of nitrogens with zero attached hydrogens (tertiary/aromatic N) is 5. The molecule has 586 valence electrons. The molecular weight excluding hydrogens is 1450 g/mol. The van der Waals surface area contributed by atoms with Gasteiger partial charge in [-0.15, -0.1) is 0 Å². The van der Waals surface area contributed by atoms with Crippen molar-refractivity contribution in [3.63, 3.8) is 0 Å². The van der Waals surface area contributed by atoms with Crippen molar-refractivity contribution >= 4 is 97.0 Å². The van der Waals surface area contributed by atoms with E-state index < -0.39 is 76.0 Å². The summed E-state index contributed by atoms with van der Waals surface area (Å²) in [4.78, 5) is 184. The van der Waals surface area contributed by atoms with Crippen LogP contribution in [0.15, 0.2) is 226 Å². The first-order valence-electron chi connectivity index (χ1n) is 35.2. The van der Waals surface area contributed by atoms with E-state index in [0.29, 0.717) is 124 Å². The Kier molecular flexibility index (Phi) is 31.9. The molecule has 5 heterocycles. The zero-order valence-corrected chi connectivity index (χ0v) is 63.2. The van der Waals surface area contributed by atoms with Gasteiger partial charge in [-0.2, -0.15) is 0 Å². The topological polar surface area (TPSA) is 479 Å². The lowest BCUT2D eigenvalue weighted by Gasteiger charge is -2.12. The standard InChI is InChI=1S/C13H14N2O2.C12H12N2O2.2C11H11N3O2.2C10H9N3O2.C7H10N2O2.C5H9NO/c1-14-10-11(13(17)12(10)16)15-8-7-9-5-3-2-4-6-9;1-13-9-10(12(16)11(9)15)14-7-8-5-3-2-4-6-8;1-12-8-9(11(16)10(8)15)14-6-7-2-4-13-5-3-7;1-12-8-9(11(16)10(8)15)14-6-7-4-2-3-5-13-7;1-11-7-8(10(15)9(7)14)13-6-3-2-4-12-5-6;1-11-7-8(10(15)9(7)14)13-6-4-2-3-5-12-6;1-3-9-5-4(8-2)6(10)7(5)11;1-6-4-2-3-5(6)7/h2-6,14-15H,7-8H2,1H3;2-6,13-14H,7H2,1H3;2*2-5,12,14H,6H2,1H3;2-5,11,13H,1H3;2-5,11H,1H3,(H,12,13);8-9H,3H2,1-2H3;2-4H2,1H3. The number of rotatable bonds is 26. The summed E-state index contributed by atoms with van der Waals surface area (Å²) >= 11 is 0. The zero-order valence-electron chi connectivity index (χ0n) is 63.2. The van der Waals surface area contributed by atoms with Gasteiger partial charge >= 0.3 is 0 Å². The van der Waals surface area contributed by atoms with Gasteiger partial charge in [0.2, 0.25) is 5.91 Å². The Balaban J connectivity index is 0.000000181. The van der Waals surface area contributed by atoms with Crippen molar-refractivity contribution in [1.82, 2.24) is 24.8 Å². The van der Waals surface area contributed by atoms with Crippen molar-refractivity contribution in [2.45, 2.75) is 45.8 Å². The number of hydrogen-bond donors (Lipinski definition) is 14. The van der Waals surface area contributed by atoms with Gasteiger partial charge in [0.05, 0.1) is 24.1 Å². The van der Waals surface area contributed by atoms with Crippen LogP contribution in [-0.4, -0.2) is 107 Å². The quantitative estimate of drug-likeness (QED) is 0.0345. The van der Waals surface area contributed by atoms with Gasteiger partial charge in [-0.25, -0.2) is 4.98 Å². The SMILES string of the molecule is CCNc1c(NC)c(=O)c1=O.CN1CCCC1=O.CNc1c(NCCc2ccccc2)c(=O)c1=O.CNc1c(NCc2ccccc2)c(=O)c1=O.CNc1c(NCc2ccccn2)c(=O)c1=O.CNc1c(NCc2ccncc2)c(=O)c1=O.CNc1c(Nc2ccccn2)c(=O)c1=O.CNc1c(Nc2cccnc2)c(=O)c1=O. The molecular formula is C79H85N19O15. The minimum absolute atomic E-state index is 0.279. The number of carbonyl (C=O) groups excluding carboxylic acids is 1. The minimum Gasteiger partial charge on any atom is -0.383 e. The van der Waals surface area contributed by atoms with Crippen LogP contribution in [0.5, 0.6) is 0 Å². The van der Waals surface area contributed by atoms with Gasteiger partial charge in [-0.1, -0.05) is 72.8 Å². The summed E-state index contributed by atoms with van der Waals surface area (Å²) in [7, 11) is 13.2. The fourth-order valence-corrected chi connectivity index (χ4v) is 10.7. The molecule has 1 aliphatic rings. The largest absolute Gasteiger partial charge is 0.383 e. The molecule has 0 bridgehead atoms. The highest BCUT2D eigenvalue weighted by atomic mass is 16.2.